The van der Waals surface area contributed by atoms with Crippen molar-refractivity contribution in [3.8, 4) is 0 Å². The zero-order valence-electron chi connectivity index (χ0n) is 4.05. The first kappa shape index (κ1) is 10.4. The Morgan fingerprint density at radius 2 is 2.00 bits per heavy atom. The number of hydrogen-bond acceptors (Lipinski definition) is 3. The van der Waals surface area contributed by atoms with E-state index < -0.39 is 12.1 Å². The summed E-state index contributed by atoms with van der Waals surface area (Å²) in [5, 5.41) is 17.3. The van der Waals surface area contributed by atoms with Crippen LogP contribution in [-0.4, -0.2) is 17.2 Å². The van der Waals surface area contributed by atoms with Crippen LogP contribution < -0.4 is 5.11 Å². The molecular weight excluding hydrogens is 196 g/mol. The first-order valence-corrected chi connectivity index (χ1v) is 1.53. The molecule has 7 heavy (non-hydrogen) atoms. The molecule has 0 aromatic heterocycles. The molecule has 1 atom stereocenters. The van der Waals surface area contributed by atoms with Crippen molar-refractivity contribution in [2.24, 2.45) is 0 Å². The van der Waals surface area contributed by atoms with Crippen LogP contribution in [-0.2, 0) is 32.1 Å². The molecule has 0 fully saturated rings. The predicted octanol–water partition coefficient (Wildman–Crippen LogP) is -1.89. The number of aliphatic hydroxyl groups is 1. The van der Waals surface area contributed by atoms with Crippen molar-refractivity contribution in [2.45, 2.75) is 13.0 Å². The molecule has 1 N–H and O–H groups in total. The maximum atomic E-state index is 9.34. The number of aliphatic carboxylic acids is 1. The summed E-state index contributed by atoms with van der Waals surface area (Å²) in [5.41, 5.74) is 0. The fourth-order valence-electron chi connectivity index (χ4n) is 0. The van der Waals surface area contributed by atoms with Gasteiger partial charge in [0.05, 0.1) is 12.1 Å². The number of carbonyl (C=O) groups is 1. The van der Waals surface area contributed by atoms with Crippen LogP contribution in [0.4, 0.5) is 0 Å². The van der Waals surface area contributed by atoms with Crippen LogP contribution >= 0.6 is 0 Å². The molecule has 0 saturated heterocycles. The Labute approximate surface area is 61.5 Å². The molecule has 0 saturated carbocycles. The molecule has 0 heterocycles. The SMILES string of the molecule is CC(O)C(=O)[O-].[Cd+2]. The van der Waals surface area contributed by atoms with E-state index in [0.717, 1.165) is 6.92 Å². The molecule has 36 valence electrons. The topological polar surface area (TPSA) is 60.4 Å². The quantitative estimate of drug-likeness (QED) is 0.505. The van der Waals surface area contributed by atoms with E-state index in [4.69, 9.17) is 5.11 Å². The molecular formula is C3H5CdO3+. The number of rotatable bonds is 1. The van der Waals surface area contributed by atoms with Gasteiger partial charge in [0.15, 0.2) is 0 Å². The Bertz CT molecular complexity index is 61.2. The van der Waals surface area contributed by atoms with E-state index in [2.05, 4.69) is 0 Å². The van der Waals surface area contributed by atoms with Gasteiger partial charge in [0.2, 0.25) is 0 Å². The minimum atomic E-state index is -1.44. The number of aliphatic hydroxyl groups excluding tert-OH is 1. The van der Waals surface area contributed by atoms with Crippen molar-refractivity contribution in [3.05, 3.63) is 0 Å². The first-order valence-electron chi connectivity index (χ1n) is 1.53. The molecule has 0 aliphatic carbocycles. The summed E-state index contributed by atoms with van der Waals surface area (Å²) in [4.78, 5) is 9.34. The standard InChI is InChI=1S/C3H6O3.Cd/c1-2(4)3(5)6;/h2,4H,1H3,(H,5,6);/q;+2/p-1. The van der Waals surface area contributed by atoms with E-state index >= 15 is 0 Å². The van der Waals surface area contributed by atoms with Gasteiger partial charge in [0.1, 0.15) is 0 Å². The molecule has 0 aromatic rings. The van der Waals surface area contributed by atoms with E-state index in [1.165, 1.54) is 0 Å². The van der Waals surface area contributed by atoms with Gasteiger partial charge in [-0.25, -0.2) is 0 Å². The van der Waals surface area contributed by atoms with Crippen LogP contribution in [0.2, 0.25) is 0 Å². The third-order valence-corrected chi connectivity index (χ3v) is 0.341. The Morgan fingerprint density at radius 3 is 2.00 bits per heavy atom. The third kappa shape index (κ3) is 6.35. The number of carboxylic acids is 1. The number of carbonyl (C=O) groups excluding carboxylic acids is 1. The van der Waals surface area contributed by atoms with Gasteiger partial charge in [-0.1, -0.05) is 0 Å². The zero-order chi connectivity index (χ0) is 5.15. The summed E-state index contributed by atoms with van der Waals surface area (Å²) >= 11 is 0. The molecule has 4 heteroatoms. The van der Waals surface area contributed by atoms with Crippen LogP contribution in [0.5, 0.6) is 0 Å². The van der Waals surface area contributed by atoms with Crippen molar-refractivity contribution in [1.82, 2.24) is 0 Å². The predicted molar refractivity (Wildman–Crippen MR) is 16.7 cm³/mol. The van der Waals surface area contributed by atoms with Crippen molar-refractivity contribution in [1.29, 1.82) is 0 Å². The van der Waals surface area contributed by atoms with Crippen LogP contribution in [0.1, 0.15) is 6.92 Å². The Hall–Kier alpha value is 0.352. The second-order valence-electron chi connectivity index (χ2n) is 0.995. The molecule has 3 nitrogen and oxygen atoms in total. The van der Waals surface area contributed by atoms with Gasteiger partial charge in [-0.2, -0.15) is 0 Å². The van der Waals surface area contributed by atoms with Crippen molar-refractivity contribution in [2.75, 3.05) is 0 Å². The van der Waals surface area contributed by atoms with Gasteiger partial charge in [-0.3, -0.25) is 0 Å². The zero-order valence-corrected chi connectivity index (χ0v) is 8.08. The van der Waals surface area contributed by atoms with Gasteiger partial charge >= 0.3 is 27.3 Å². The molecule has 0 amide bonds. The van der Waals surface area contributed by atoms with Gasteiger partial charge in [-0.05, 0) is 6.92 Å². The second kappa shape index (κ2) is 4.51. The van der Waals surface area contributed by atoms with E-state index in [1.807, 2.05) is 0 Å². The minimum absolute atomic E-state index is 0. The van der Waals surface area contributed by atoms with E-state index in [1.54, 1.807) is 0 Å². The van der Waals surface area contributed by atoms with Gasteiger partial charge < -0.3 is 15.0 Å². The molecule has 0 spiro atoms. The average molecular weight is 201 g/mol. The van der Waals surface area contributed by atoms with Gasteiger partial charge in [0.25, 0.3) is 0 Å². The Balaban J connectivity index is 0. The summed E-state index contributed by atoms with van der Waals surface area (Å²) in [7, 11) is 0. The summed E-state index contributed by atoms with van der Waals surface area (Å²) in [6.07, 6.45) is -1.34. The van der Waals surface area contributed by atoms with Crippen LogP contribution in [0.15, 0.2) is 0 Å². The fraction of sp³-hybridized carbons (Fsp3) is 0.667. The first-order chi connectivity index (χ1) is 2.64. The van der Waals surface area contributed by atoms with Crippen LogP contribution in [0, 0.1) is 0 Å². The second-order valence-corrected chi connectivity index (χ2v) is 0.995. The average Bonchev–Trinajstić information content (AvgIpc) is 1.36. The van der Waals surface area contributed by atoms with Gasteiger partial charge in [-0.15, -0.1) is 0 Å². The molecule has 0 rings (SSSR count). The molecule has 0 aliphatic heterocycles. The van der Waals surface area contributed by atoms with Crippen molar-refractivity contribution >= 4 is 5.97 Å². The molecule has 0 bridgehead atoms. The number of carboxylic acid groups (broad SMARTS) is 1. The van der Waals surface area contributed by atoms with Gasteiger partial charge in [0, 0.05) is 0 Å². The van der Waals surface area contributed by atoms with Crippen molar-refractivity contribution < 1.29 is 42.3 Å². The molecule has 0 aromatic carbocycles. The van der Waals surface area contributed by atoms with E-state index in [0.29, 0.717) is 0 Å². The maximum Gasteiger partial charge on any atom is 2.00 e. The summed E-state index contributed by atoms with van der Waals surface area (Å²) < 4.78 is 0. The van der Waals surface area contributed by atoms with Crippen LogP contribution in [0.25, 0.3) is 0 Å². The minimum Gasteiger partial charge on any atom is -0.547 e. The monoisotopic (exact) mass is 203 g/mol. The normalized spacial score (nSPS) is 11.7. The maximum absolute atomic E-state index is 9.34. The summed E-state index contributed by atoms with van der Waals surface area (Å²) in [6.45, 7) is 1.13. The molecule has 0 radical (unpaired) electrons. The summed E-state index contributed by atoms with van der Waals surface area (Å²) in [5.74, 6) is -1.44. The molecule has 0 aliphatic rings. The fourth-order valence-corrected chi connectivity index (χ4v) is 0. The van der Waals surface area contributed by atoms with E-state index in [9.17, 15) is 9.90 Å². The third-order valence-electron chi connectivity index (χ3n) is 0.341. The summed E-state index contributed by atoms with van der Waals surface area (Å²) in [6, 6.07) is 0. The van der Waals surface area contributed by atoms with Crippen molar-refractivity contribution in [3.63, 3.8) is 0 Å². The van der Waals surface area contributed by atoms with Crippen LogP contribution in [0.3, 0.4) is 0 Å². The molecule has 1 unspecified atom stereocenters. The van der Waals surface area contributed by atoms with E-state index in [-0.39, 0.29) is 27.3 Å². The smallest absolute Gasteiger partial charge is 0.547 e. The Morgan fingerprint density at radius 1 is 1.86 bits per heavy atom. The largest absolute Gasteiger partial charge is 2.00 e. The number of hydrogen-bond donors (Lipinski definition) is 1. The Kier molecular flexibility index (Phi) is 6.67.